The van der Waals surface area contributed by atoms with Crippen LogP contribution in [0.4, 0.5) is 4.79 Å². The molecule has 2 rings (SSSR count). The topological polar surface area (TPSA) is 143 Å². The molecular weight excluding hydrogens is 394 g/mol. The molecule has 3 amide bonds. The number of carbonyl (C=O) groups excluding carboxylic acids is 3. The standard InChI is InChI=1S/C20H23N3O7/c1-11-15(12(2)30-23-11)10-28-16-7-5-14(9-17(16)27-4)6-8-18(24)29-13(3)19(25)22-20(21)26/h5-9,13H,10H2,1-4H3,(H3,21,22,25,26)/b8-6+/t13-/m0/s1. The Bertz CT molecular complexity index is 946. The molecule has 160 valence electrons. The number of aryl methyl sites for hydroxylation is 2. The number of carbonyl (C=O) groups is 3. The number of rotatable bonds is 8. The number of hydrogen-bond acceptors (Lipinski definition) is 8. The summed E-state index contributed by atoms with van der Waals surface area (Å²) in [6.07, 6.45) is 1.46. The third kappa shape index (κ3) is 6.09. The summed E-state index contributed by atoms with van der Waals surface area (Å²) < 4.78 is 21.2. The van der Waals surface area contributed by atoms with Crippen LogP contribution >= 0.6 is 0 Å². The van der Waals surface area contributed by atoms with Crippen molar-refractivity contribution in [2.24, 2.45) is 5.73 Å². The van der Waals surface area contributed by atoms with Crippen LogP contribution in [0, 0.1) is 13.8 Å². The van der Waals surface area contributed by atoms with Gasteiger partial charge in [0.2, 0.25) is 0 Å². The number of benzene rings is 1. The van der Waals surface area contributed by atoms with Crippen molar-refractivity contribution in [2.45, 2.75) is 33.5 Å². The lowest BCUT2D eigenvalue weighted by Crippen LogP contribution is -2.42. The molecule has 1 heterocycles. The van der Waals surface area contributed by atoms with Gasteiger partial charge in [0.05, 0.1) is 18.4 Å². The zero-order valence-corrected chi connectivity index (χ0v) is 17.1. The molecule has 0 bridgehead atoms. The zero-order chi connectivity index (χ0) is 22.3. The van der Waals surface area contributed by atoms with Gasteiger partial charge in [-0.2, -0.15) is 0 Å². The second-order valence-electron chi connectivity index (χ2n) is 6.27. The summed E-state index contributed by atoms with van der Waals surface area (Å²) in [5.74, 6) is 0.0780. The van der Waals surface area contributed by atoms with E-state index in [0.29, 0.717) is 22.8 Å². The Hall–Kier alpha value is -3.82. The van der Waals surface area contributed by atoms with Crippen molar-refractivity contribution in [3.63, 3.8) is 0 Å². The van der Waals surface area contributed by atoms with Gasteiger partial charge >= 0.3 is 12.0 Å². The van der Waals surface area contributed by atoms with Crippen LogP contribution in [0.1, 0.15) is 29.5 Å². The Labute approximate surface area is 172 Å². The minimum atomic E-state index is -1.18. The SMILES string of the molecule is COc1cc(/C=C/C(=O)O[C@@H](C)C(=O)NC(N)=O)ccc1OCc1c(C)noc1C. The van der Waals surface area contributed by atoms with E-state index in [1.807, 2.05) is 12.2 Å². The van der Waals surface area contributed by atoms with Crippen molar-refractivity contribution in [3.8, 4) is 11.5 Å². The minimum absolute atomic E-state index is 0.268. The van der Waals surface area contributed by atoms with E-state index in [4.69, 9.17) is 24.5 Å². The van der Waals surface area contributed by atoms with Crippen molar-refractivity contribution in [3.05, 3.63) is 46.9 Å². The first-order valence-corrected chi connectivity index (χ1v) is 8.92. The highest BCUT2D eigenvalue weighted by Crippen LogP contribution is 2.30. The number of primary amides is 1. The highest BCUT2D eigenvalue weighted by atomic mass is 16.5. The van der Waals surface area contributed by atoms with Crippen LogP contribution in [-0.4, -0.2) is 36.3 Å². The van der Waals surface area contributed by atoms with Gasteiger partial charge in [-0.15, -0.1) is 0 Å². The predicted molar refractivity (Wildman–Crippen MR) is 106 cm³/mol. The molecule has 0 saturated heterocycles. The molecule has 0 aliphatic carbocycles. The molecule has 0 spiro atoms. The molecule has 10 nitrogen and oxygen atoms in total. The molecule has 1 aromatic heterocycles. The number of nitrogens with one attached hydrogen (secondary N) is 1. The van der Waals surface area contributed by atoms with Crippen molar-refractivity contribution >= 4 is 24.0 Å². The third-order valence-electron chi connectivity index (χ3n) is 4.06. The summed E-state index contributed by atoms with van der Waals surface area (Å²) in [6, 6.07) is 4.07. The number of esters is 1. The van der Waals surface area contributed by atoms with Gasteiger partial charge in [-0.25, -0.2) is 9.59 Å². The predicted octanol–water partition coefficient (Wildman–Crippen LogP) is 2.02. The Morgan fingerprint density at radius 1 is 1.27 bits per heavy atom. The number of ether oxygens (including phenoxy) is 3. The molecule has 0 aliphatic rings. The molecular formula is C20H23N3O7. The van der Waals surface area contributed by atoms with Crippen LogP contribution in [0.5, 0.6) is 11.5 Å². The van der Waals surface area contributed by atoms with E-state index in [9.17, 15) is 14.4 Å². The van der Waals surface area contributed by atoms with Crippen LogP contribution in [0.2, 0.25) is 0 Å². The minimum Gasteiger partial charge on any atom is -0.493 e. The van der Waals surface area contributed by atoms with Gasteiger partial charge in [0.25, 0.3) is 5.91 Å². The average Bonchev–Trinajstić information content (AvgIpc) is 3.02. The molecule has 0 radical (unpaired) electrons. The Morgan fingerprint density at radius 3 is 2.60 bits per heavy atom. The quantitative estimate of drug-likeness (QED) is 0.490. The van der Waals surface area contributed by atoms with E-state index in [1.165, 1.54) is 20.1 Å². The lowest BCUT2D eigenvalue weighted by atomic mass is 10.2. The van der Waals surface area contributed by atoms with Crippen LogP contribution in [0.3, 0.4) is 0 Å². The summed E-state index contributed by atoms with van der Waals surface area (Å²) in [6.45, 7) is 5.22. The van der Waals surface area contributed by atoms with E-state index < -0.39 is 24.0 Å². The van der Waals surface area contributed by atoms with Crippen LogP contribution < -0.4 is 20.5 Å². The Morgan fingerprint density at radius 2 is 2.00 bits per heavy atom. The molecule has 0 saturated carbocycles. The monoisotopic (exact) mass is 417 g/mol. The van der Waals surface area contributed by atoms with Crippen molar-refractivity contribution < 1.29 is 33.1 Å². The number of methoxy groups -OCH3 is 1. The van der Waals surface area contributed by atoms with Crippen molar-refractivity contribution in [1.82, 2.24) is 10.5 Å². The molecule has 0 fully saturated rings. The van der Waals surface area contributed by atoms with E-state index >= 15 is 0 Å². The lowest BCUT2D eigenvalue weighted by molar-refractivity contribution is -0.149. The van der Waals surface area contributed by atoms with E-state index in [-0.39, 0.29) is 6.61 Å². The lowest BCUT2D eigenvalue weighted by Gasteiger charge is -2.11. The van der Waals surface area contributed by atoms with Gasteiger partial charge in [0.1, 0.15) is 12.4 Å². The maximum atomic E-state index is 11.9. The number of urea groups is 1. The van der Waals surface area contributed by atoms with Crippen LogP contribution in [-0.2, 0) is 20.9 Å². The second kappa shape index (κ2) is 10.1. The summed E-state index contributed by atoms with van der Waals surface area (Å²) in [5.41, 5.74) is 7.10. The Balaban J connectivity index is 2.00. The number of imide groups is 1. The summed E-state index contributed by atoms with van der Waals surface area (Å²) in [5, 5.41) is 5.71. The Kier molecular flexibility index (Phi) is 7.56. The second-order valence-corrected chi connectivity index (χ2v) is 6.27. The number of nitrogens with zero attached hydrogens (tertiary/aromatic N) is 1. The van der Waals surface area contributed by atoms with Crippen LogP contribution in [0.15, 0.2) is 28.8 Å². The first-order chi connectivity index (χ1) is 14.2. The largest absolute Gasteiger partial charge is 0.493 e. The van der Waals surface area contributed by atoms with E-state index in [1.54, 1.807) is 25.1 Å². The van der Waals surface area contributed by atoms with E-state index in [2.05, 4.69) is 5.16 Å². The molecule has 0 aliphatic heterocycles. The fraction of sp³-hybridized carbons (Fsp3) is 0.300. The molecule has 1 aromatic carbocycles. The summed E-state index contributed by atoms with van der Waals surface area (Å²) in [7, 11) is 1.50. The molecule has 0 unspecified atom stereocenters. The fourth-order valence-electron chi connectivity index (χ4n) is 2.42. The number of nitrogens with two attached hydrogens (primary N) is 1. The molecule has 3 N–H and O–H groups in total. The average molecular weight is 417 g/mol. The normalized spacial score (nSPS) is 11.7. The number of aromatic nitrogens is 1. The molecule has 30 heavy (non-hydrogen) atoms. The maximum Gasteiger partial charge on any atom is 0.331 e. The van der Waals surface area contributed by atoms with E-state index in [0.717, 1.165) is 17.3 Å². The van der Waals surface area contributed by atoms with Gasteiger partial charge in [-0.1, -0.05) is 11.2 Å². The third-order valence-corrected chi connectivity index (χ3v) is 4.06. The van der Waals surface area contributed by atoms with Gasteiger partial charge in [0, 0.05) is 6.08 Å². The van der Waals surface area contributed by atoms with Gasteiger partial charge in [0.15, 0.2) is 17.6 Å². The summed E-state index contributed by atoms with van der Waals surface area (Å²) in [4.78, 5) is 34.0. The number of hydrogen-bond donors (Lipinski definition) is 2. The first kappa shape index (κ1) is 22.5. The highest BCUT2D eigenvalue weighted by Gasteiger charge is 2.17. The molecule has 10 heteroatoms. The van der Waals surface area contributed by atoms with Gasteiger partial charge in [-0.05, 0) is 44.5 Å². The zero-order valence-electron chi connectivity index (χ0n) is 17.1. The maximum absolute atomic E-state index is 11.9. The fourth-order valence-corrected chi connectivity index (χ4v) is 2.42. The smallest absolute Gasteiger partial charge is 0.331 e. The van der Waals surface area contributed by atoms with Gasteiger partial charge < -0.3 is 24.5 Å². The highest BCUT2D eigenvalue weighted by molar-refractivity contribution is 5.97. The van der Waals surface area contributed by atoms with Crippen molar-refractivity contribution in [1.29, 1.82) is 0 Å². The first-order valence-electron chi connectivity index (χ1n) is 8.92. The molecule has 1 atom stereocenters. The number of amides is 3. The van der Waals surface area contributed by atoms with Crippen molar-refractivity contribution in [2.75, 3.05) is 7.11 Å². The van der Waals surface area contributed by atoms with Gasteiger partial charge in [-0.3, -0.25) is 10.1 Å². The van der Waals surface area contributed by atoms with Crippen LogP contribution in [0.25, 0.3) is 6.08 Å². The summed E-state index contributed by atoms with van der Waals surface area (Å²) >= 11 is 0. The molecule has 2 aromatic rings.